The number of carboxylic acids is 1. The van der Waals surface area contributed by atoms with Crippen molar-refractivity contribution in [1.82, 2.24) is 4.98 Å². The number of fused-ring (bicyclic) bond motifs is 1. The molecule has 0 amide bonds. The number of halogens is 2. The van der Waals surface area contributed by atoms with Crippen LogP contribution < -0.4 is 9.83 Å². The fourth-order valence-electron chi connectivity index (χ4n) is 2.23. The van der Waals surface area contributed by atoms with Gasteiger partial charge in [-0.25, -0.2) is 17.2 Å². The van der Waals surface area contributed by atoms with Crippen molar-refractivity contribution >= 4 is 32.6 Å². The fraction of sp³-hybridized carbons (Fsp3) is 0. The van der Waals surface area contributed by atoms with Gasteiger partial charge >= 0.3 is 0 Å². The summed E-state index contributed by atoms with van der Waals surface area (Å²) in [6.45, 7) is 0. The molecule has 124 valence electrons. The van der Waals surface area contributed by atoms with E-state index in [0.29, 0.717) is 0 Å². The molecule has 3 rings (SSSR count). The molecule has 24 heavy (non-hydrogen) atoms. The van der Waals surface area contributed by atoms with Crippen LogP contribution in [0.5, 0.6) is 0 Å². The molecular weight excluding hydrogens is 342 g/mol. The Hall–Kier alpha value is -2.94. The Bertz CT molecular complexity index is 1040. The molecule has 3 aromatic rings. The minimum Gasteiger partial charge on any atom is -0.543 e. The van der Waals surface area contributed by atoms with Gasteiger partial charge in [-0.15, -0.1) is 0 Å². The second-order valence-electron chi connectivity index (χ2n) is 4.91. The summed E-state index contributed by atoms with van der Waals surface area (Å²) in [4.78, 5) is 13.4. The van der Waals surface area contributed by atoms with E-state index in [2.05, 4.69) is 9.71 Å². The van der Waals surface area contributed by atoms with Crippen LogP contribution in [0.25, 0.3) is 10.9 Å². The zero-order chi connectivity index (χ0) is 17.5. The summed E-state index contributed by atoms with van der Waals surface area (Å²) in [6, 6.07) is 7.29. The van der Waals surface area contributed by atoms with Crippen LogP contribution in [0, 0.1) is 11.6 Å². The maximum absolute atomic E-state index is 13.4. The lowest BCUT2D eigenvalue weighted by Crippen LogP contribution is -2.25. The fourth-order valence-corrected chi connectivity index (χ4v) is 3.32. The van der Waals surface area contributed by atoms with Gasteiger partial charge in [0, 0.05) is 10.9 Å². The van der Waals surface area contributed by atoms with E-state index in [1.165, 1.54) is 6.07 Å². The second kappa shape index (κ2) is 5.60. The van der Waals surface area contributed by atoms with E-state index in [1.54, 1.807) is 0 Å². The molecule has 0 atom stereocenters. The average molecular weight is 351 g/mol. The Morgan fingerprint density at radius 2 is 1.67 bits per heavy atom. The van der Waals surface area contributed by atoms with Crippen molar-refractivity contribution < 1.29 is 27.1 Å². The number of benzene rings is 2. The molecule has 0 aliphatic heterocycles. The van der Waals surface area contributed by atoms with E-state index in [4.69, 9.17) is 0 Å². The number of carboxylic acid groups (broad SMARTS) is 1. The van der Waals surface area contributed by atoms with Crippen LogP contribution in [0.15, 0.2) is 47.4 Å². The quantitative estimate of drug-likeness (QED) is 0.745. The number of hydrogen-bond acceptors (Lipinski definition) is 4. The summed E-state index contributed by atoms with van der Waals surface area (Å²) in [5, 5.41) is 11.3. The highest BCUT2D eigenvalue weighted by atomic mass is 32.2. The number of sulfonamides is 1. The smallest absolute Gasteiger partial charge is 0.261 e. The van der Waals surface area contributed by atoms with Gasteiger partial charge in [-0.3, -0.25) is 4.72 Å². The van der Waals surface area contributed by atoms with Crippen molar-refractivity contribution in [2.45, 2.75) is 4.90 Å². The normalized spacial score (nSPS) is 11.6. The predicted molar refractivity (Wildman–Crippen MR) is 79.8 cm³/mol. The zero-order valence-corrected chi connectivity index (χ0v) is 12.7. The highest BCUT2D eigenvalue weighted by Crippen LogP contribution is 2.30. The number of hydrogen-bond donors (Lipinski definition) is 2. The highest BCUT2D eigenvalue weighted by molar-refractivity contribution is 7.92. The maximum Gasteiger partial charge on any atom is 0.261 e. The van der Waals surface area contributed by atoms with E-state index in [0.717, 1.165) is 36.4 Å². The van der Waals surface area contributed by atoms with Gasteiger partial charge in [0.1, 0.15) is 11.6 Å². The molecule has 0 fully saturated rings. The Kier molecular flexibility index (Phi) is 3.72. The molecule has 1 aromatic heterocycles. The van der Waals surface area contributed by atoms with E-state index < -0.39 is 33.3 Å². The minimum absolute atomic E-state index is 0.0277. The zero-order valence-electron chi connectivity index (χ0n) is 11.8. The first-order valence-electron chi connectivity index (χ1n) is 6.59. The largest absolute Gasteiger partial charge is 0.543 e. The summed E-state index contributed by atoms with van der Waals surface area (Å²) in [5.74, 6) is -2.96. The lowest BCUT2D eigenvalue weighted by molar-refractivity contribution is -0.255. The van der Waals surface area contributed by atoms with Crippen LogP contribution in [0.3, 0.4) is 0 Å². The molecule has 0 bridgehead atoms. The first-order chi connectivity index (χ1) is 11.3. The second-order valence-corrected chi connectivity index (χ2v) is 6.59. The van der Waals surface area contributed by atoms with E-state index in [-0.39, 0.29) is 21.5 Å². The van der Waals surface area contributed by atoms with Crippen molar-refractivity contribution in [3.63, 3.8) is 0 Å². The van der Waals surface area contributed by atoms with E-state index >= 15 is 0 Å². The van der Waals surface area contributed by atoms with E-state index in [1.807, 2.05) is 0 Å². The molecule has 9 heteroatoms. The van der Waals surface area contributed by atoms with Crippen LogP contribution >= 0.6 is 0 Å². The molecule has 0 radical (unpaired) electrons. The lowest BCUT2D eigenvalue weighted by Gasteiger charge is -2.10. The number of carbonyl (C=O) groups excluding carboxylic acids is 1. The Morgan fingerprint density at radius 3 is 2.29 bits per heavy atom. The monoisotopic (exact) mass is 351 g/mol. The third kappa shape index (κ3) is 2.81. The number of aromatic nitrogens is 1. The third-order valence-electron chi connectivity index (χ3n) is 3.33. The summed E-state index contributed by atoms with van der Waals surface area (Å²) < 4.78 is 53.2. The Morgan fingerprint density at radius 1 is 1.04 bits per heavy atom. The number of carbonyl (C=O) groups is 1. The number of nitrogens with one attached hydrogen (secondary N) is 2. The van der Waals surface area contributed by atoms with Gasteiger partial charge in [-0.05, 0) is 42.5 Å². The Balaban J connectivity index is 2.14. The summed E-state index contributed by atoms with van der Waals surface area (Å²) >= 11 is 0. The lowest BCUT2D eigenvalue weighted by atomic mass is 10.2. The third-order valence-corrected chi connectivity index (χ3v) is 4.69. The molecule has 0 spiro atoms. The van der Waals surface area contributed by atoms with Crippen molar-refractivity contribution in [3.8, 4) is 0 Å². The molecule has 2 N–H and O–H groups in total. The number of H-pyrrole nitrogens is 1. The van der Waals surface area contributed by atoms with Gasteiger partial charge in [0.25, 0.3) is 10.0 Å². The molecule has 0 saturated heterocycles. The van der Waals surface area contributed by atoms with Crippen LogP contribution in [-0.2, 0) is 10.0 Å². The minimum atomic E-state index is -4.21. The van der Waals surface area contributed by atoms with Crippen LogP contribution in [0.4, 0.5) is 14.5 Å². The first-order valence-corrected chi connectivity index (χ1v) is 8.07. The van der Waals surface area contributed by atoms with Gasteiger partial charge in [0.05, 0.1) is 22.2 Å². The highest BCUT2D eigenvalue weighted by Gasteiger charge is 2.20. The molecule has 0 unspecified atom stereocenters. The van der Waals surface area contributed by atoms with Gasteiger partial charge < -0.3 is 14.9 Å². The Labute approximate surface area is 134 Å². The molecule has 0 saturated carbocycles. The number of anilines is 1. The summed E-state index contributed by atoms with van der Waals surface area (Å²) in [5.41, 5.74) is -0.678. The topological polar surface area (TPSA) is 102 Å². The predicted octanol–water partition coefficient (Wildman–Crippen LogP) is 1.61. The number of rotatable bonds is 4. The van der Waals surface area contributed by atoms with Crippen LogP contribution in [0.1, 0.15) is 10.5 Å². The van der Waals surface area contributed by atoms with E-state index in [9.17, 15) is 27.1 Å². The van der Waals surface area contributed by atoms with Gasteiger partial charge in [-0.2, -0.15) is 0 Å². The van der Waals surface area contributed by atoms with Crippen LogP contribution in [-0.4, -0.2) is 19.4 Å². The van der Waals surface area contributed by atoms with Crippen molar-refractivity contribution in [2.75, 3.05) is 4.72 Å². The van der Waals surface area contributed by atoms with Crippen LogP contribution in [0.2, 0.25) is 0 Å². The van der Waals surface area contributed by atoms with Gasteiger partial charge in [-0.1, -0.05) is 0 Å². The van der Waals surface area contributed by atoms with Gasteiger partial charge in [0.15, 0.2) is 0 Å². The first kappa shape index (κ1) is 15.9. The van der Waals surface area contributed by atoms with Crippen molar-refractivity contribution in [2.24, 2.45) is 0 Å². The standard InChI is InChI=1S/C15H10F2N2O4S/c16-8-1-4-10(5-2-8)24(22,23)19-13-11-7-9(17)3-6-12(11)18-14(13)15(20)21/h1-7,18-19H,(H,20,21)/p-1. The average Bonchev–Trinajstić information content (AvgIpc) is 2.85. The summed E-state index contributed by atoms with van der Waals surface area (Å²) in [6.07, 6.45) is 0. The molecule has 0 aliphatic carbocycles. The SMILES string of the molecule is O=C([O-])c1[nH]c2ccc(F)cc2c1NS(=O)(=O)c1ccc(F)cc1. The summed E-state index contributed by atoms with van der Waals surface area (Å²) in [7, 11) is -4.21. The number of aromatic carboxylic acids is 1. The van der Waals surface area contributed by atoms with Gasteiger partial charge in [0.2, 0.25) is 0 Å². The van der Waals surface area contributed by atoms with Crippen molar-refractivity contribution in [1.29, 1.82) is 0 Å². The molecule has 2 aromatic carbocycles. The number of aromatic amines is 1. The maximum atomic E-state index is 13.4. The molecule has 1 heterocycles. The molecule has 6 nitrogen and oxygen atoms in total. The molecular formula is C15H9F2N2O4S-. The van der Waals surface area contributed by atoms with Crippen molar-refractivity contribution in [3.05, 3.63) is 59.8 Å². The molecule has 0 aliphatic rings.